The molecule has 0 spiro atoms. The topological polar surface area (TPSA) is 56.2 Å². The molecule has 150 valence electrons. The fourth-order valence-corrected chi connectivity index (χ4v) is 3.55. The van der Waals surface area contributed by atoms with Gasteiger partial charge in [0.15, 0.2) is 11.2 Å². The van der Waals surface area contributed by atoms with Crippen LogP contribution in [0.4, 0.5) is 11.5 Å². The molecular weight excluding hydrogens is 386 g/mol. The summed E-state index contributed by atoms with van der Waals surface area (Å²) in [5, 5.41) is 3.84. The summed E-state index contributed by atoms with van der Waals surface area (Å²) < 4.78 is 8.01. The van der Waals surface area contributed by atoms with Crippen LogP contribution in [0.1, 0.15) is 0 Å². The Morgan fingerprint density at radius 3 is 2.13 bits per heavy atom. The molecule has 2 heterocycles. The van der Waals surface area contributed by atoms with Crippen LogP contribution in [0.3, 0.4) is 0 Å². The van der Waals surface area contributed by atoms with Gasteiger partial charge in [0, 0.05) is 17.4 Å². The lowest BCUT2D eigenvalue weighted by atomic mass is 10.2. The van der Waals surface area contributed by atoms with E-state index in [4.69, 9.17) is 4.74 Å². The van der Waals surface area contributed by atoms with E-state index in [2.05, 4.69) is 10.3 Å². The summed E-state index contributed by atoms with van der Waals surface area (Å²) in [5.74, 6) is 1.71. The molecule has 0 fully saturated rings. The largest absolute Gasteiger partial charge is 0.455 e. The third kappa shape index (κ3) is 3.76. The Morgan fingerprint density at radius 2 is 1.42 bits per heavy atom. The minimum atomic E-state index is -0.144. The minimum Gasteiger partial charge on any atom is -0.455 e. The van der Waals surface area contributed by atoms with Crippen LogP contribution in [0, 0.1) is 0 Å². The van der Waals surface area contributed by atoms with Crippen LogP contribution in [0.2, 0.25) is 0 Å². The number of benzene rings is 3. The minimum absolute atomic E-state index is 0.144. The molecule has 0 bridgehead atoms. The molecule has 5 nitrogen and oxygen atoms in total. The molecule has 0 aliphatic carbocycles. The van der Waals surface area contributed by atoms with Crippen molar-refractivity contribution in [2.45, 2.75) is 0 Å². The highest BCUT2D eigenvalue weighted by atomic mass is 16.5. The lowest BCUT2D eigenvalue weighted by molar-refractivity contribution is 0.485. The average Bonchev–Trinajstić information content (AvgIpc) is 2.81. The molecular formula is C26H19N3O2. The summed E-state index contributed by atoms with van der Waals surface area (Å²) in [7, 11) is 0. The Balaban J connectivity index is 1.74. The molecule has 0 radical (unpaired) electrons. The highest BCUT2D eigenvalue weighted by Gasteiger charge is 2.16. The van der Waals surface area contributed by atoms with Crippen molar-refractivity contribution in [2.24, 2.45) is 0 Å². The number of rotatable bonds is 5. The van der Waals surface area contributed by atoms with Crippen molar-refractivity contribution < 1.29 is 4.74 Å². The van der Waals surface area contributed by atoms with Gasteiger partial charge in [0.1, 0.15) is 11.6 Å². The molecule has 31 heavy (non-hydrogen) atoms. The van der Waals surface area contributed by atoms with Gasteiger partial charge in [0.25, 0.3) is 0 Å². The van der Waals surface area contributed by atoms with Crippen LogP contribution in [-0.4, -0.2) is 9.55 Å². The van der Waals surface area contributed by atoms with Gasteiger partial charge in [0.2, 0.25) is 0 Å². The van der Waals surface area contributed by atoms with Crippen LogP contribution >= 0.6 is 0 Å². The normalized spacial score (nSPS) is 10.7. The zero-order valence-corrected chi connectivity index (χ0v) is 16.6. The van der Waals surface area contributed by atoms with Crippen molar-refractivity contribution in [3.63, 3.8) is 0 Å². The van der Waals surface area contributed by atoms with Crippen molar-refractivity contribution in [1.29, 1.82) is 0 Å². The van der Waals surface area contributed by atoms with Gasteiger partial charge in [-0.15, -0.1) is 0 Å². The number of fused-ring (bicyclic) bond motifs is 1. The van der Waals surface area contributed by atoms with E-state index >= 15 is 0 Å². The average molecular weight is 405 g/mol. The number of ether oxygens (including phenoxy) is 1. The first-order chi connectivity index (χ1) is 15.3. The van der Waals surface area contributed by atoms with Gasteiger partial charge in [0.05, 0.1) is 23.3 Å². The van der Waals surface area contributed by atoms with E-state index in [1.54, 1.807) is 18.5 Å². The first kappa shape index (κ1) is 18.6. The fraction of sp³-hybridized carbons (Fsp3) is 0. The fourth-order valence-electron chi connectivity index (χ4n) is 3.55. The Morgan fingerprint density at radius 1 is 0.774 bits per heavy atom. The van der Waals surface area contributed by atoms with E-state index in [1.807, 2.05) is 95.6 Å². The quantitative estimate of drug-likeness (QED) is 0.394. The predicted octanol–water partition coefficient (Wildman–Crippen LogP) is 5.92. The van der Waals surface area contributed by atoms with Gasteiger partial charge in [-0.2, -0.15) is 0 Å². The SMILES string of the molecule is O=c1cc(Nc2ccccc2)n(-c2ccccc2)c2cncc(Oc3ccccc3)c12. The molecule has 0 atom stereocenters. The first-order valence-corrected chi connectivity index (χ1v) is 9.94. The smallest absolute Gasteiger partial charge is 0.195 e. The Hall–Kier alpha value is -4.38. The van der Waals surface area contributed by atoms with E-state index in [0.717, 1.165) is 11.4 Å². The Labute approximate surface area is 179 Å². The van der Waals surface area contributed by atoms with E-state index in [1.165, 1.54) is 0 Å². The highest BCUT2D eigenvalue weighted by Crippen LogP contribution is 2.31. The lowest BCUT2D eigenvalue weighted by Crippen LogP contribution is -2.13. The Bertz CT molecular complexity index is 1380. The summed E-state index contributed by atoms with van der Waals surface area (Å²) >= 11 is 0. The standard InChI is InChI=1S/C26H19N3O2/c30-23-16-25(28-19-10-4-1-5-11-19)29(20-12-6-2-7-13-20)22-17-27-18-24(26(22)23)31-21-14-8-3-9-15-21/h1-18,28H. The first-order valence-electron chi connectivity index (χ1n) is 9.94. The molecule has 0 aliphatic heterocycles. The van der Waals surface area contributed by atoms with E-state index in [-0.39, 0.29) is 5.43 Å². The number of para-hydroxylation sites is 3. The van der Waals surface area contributed by atoms with Crippen LogP contribution < -0.4 is 15.5 Å². The molecule has 0 amide bonds. The van der Waals surface area contributed by atoms with Crippen LogP contribution in [0.5, 0.6) is 11.5 Å². The number of pyridine rings is 2. The summed E-state index contributed by atoms with van der Waals surface area (Å²) in [4.78, 5) is 17.6. The van der Waals surface area contributed by atoms with Crippen molar-refractivity contribution in [3.8, 4) is 17.2 Å². The van der Waals surface area contributed by atoms with Crippen molar-refractivity contribution >= 4 is 22.4 Å². The maximum absolute atomic E-state index is 13.2. The number of aromatic nitrogens is 2. The summed E-state index contributed by atoms with van der Waals surface area (Å²) in [5.41, 5.74) is 2.31. The van der Waals surface area contributed by atoms with Crippen LogP contribution in [0.25, 0.3) is 16.6 Å². The second-order valence-electron chi connectivity index (χ2n) is 7.00. The maximum atomic E-state index is 13.2. The monoisotopic (exact) mass is 405 g/mol. The molecule has 3 aromatic carbocycles. The molecule has 5 aromatic rings. The molecule has 2 aromatic heterocycles. The molecule has 0 saturated heterocycles. The third-order valence-corrected chi connectivity index (χ3v) is 4.92. The molecule has 5 heteroatoms. The van der Waals surface area contributed by atoms with Gasteiger partial charge in [-0.3, -0.25) is 14.3 Å². The van der Waals surface area contributed by atoms with E-state index < -0.39 is 0 Å². The summed E-state index contributed by atoms with van der Waals surface area (Å²) in [6, 6.07) is 30.6. The van der Waals surface area contributed by atoms with Gasteiger partial charge in [-0.1, -0.05) is 54.6 Å². The predicted molar refractivity (Wildman–Crippen MR) is 124 cm³/mol. The van der Waals surface area contributed by atoms with E-state index in [0.29, 0.717) is 28.2 Å². The Kier molecular flexibility index (Phi) is 4.91. The van der Waals surface area contributed by atoms with Crippen LogP contribution in [0.15, 0.2) is 114 Å². The second-order valence-corrected chi connectivity index (χ2v) is 7.00. The molecule has 1 N–H and O–H groups in total. The number of nitrogens with one attached hydrogen (secondary N) is 1. The summed E-state index contributed by atoms with van der Waals surface area (Å²) in [6.45, 7) is 0. The lowest BCUT2D eigenvalue weighted by Gasteiger charge is -2.19. The van der Waals surface area contributed by atoms with Crippen LogP contribution in [-0.2, 0) is 0 Å². The zero-order valence-electron chi connectivity index (χ0n) is 16.6. The van der Waals surface area contributed by atoms with Crippen molar-refractivity contribution in [1.82, 2.24) is 9.55 Å². The number of hydrogen-bond acceptors (Lipinski definition) is 4. The van der Waals surface area contributed by atoms with Crippen molar-refractivity contribution in [2.75, 3.05) is 5.32 Å². The van der Waals surface area contributed by atoms with Gasteiger partial charge in [-0.05, 0) is 36.4 Å². The number of hydrogen-bond donors (Lipinski definition) is 1. The van der Waals surface area contributed by atoms with Gasteiger partial charge in [-0.25, -0.2) is 0 Å². The summed E-state index contributed by atoms with van der Waals surface area (Å²) in [6.07, 6.45) is 3.27. The van der Waals surface area contributed by atoms with E-state index in [9.17, 15) is 4.79 Å². The zero-order chi connectivity index (χ0) is 21.0. The molecule has 0 aliphatic rings. The molecule has 0 saturated carbocycles. The number of anilines is 2. The molecule has 5 rings (SSSR count). The van der Waals surface area contributed by atoms with Gasteiger partial charge >= 0.3 is 0 Å². The highest BCUT2D eigenvalue weighted by molar-refractivity contribution is 5.88. The van der Waals surface area contributed by atoms with Crippen molar-refractivity contribution in [3.05, 3.63) is 120 Å². The van der Waals surface area contributed by atoms with Gasteiger partial charge < -0.3 is 10.1 Å². The molecule has 0 unspecified atom stereocenters. The number of nitrogens with zero attached hydrogens (tertiary/aromatic N) is 2. The second kappa shape index (κ2) is 8.16. The third-order valence-electron chi connectivity index (χ3n) is 4.92. The maximum Gasteiger partial charge on any atom is 0.195 e.